The van der Waals surface area contributed by atoms with E-state index in [1.165, 1.54) is 33.2 Å². The van der Waals surface area contributed by atoms with E-state index in [4.69, 9.17) is 4.74 Å². The van der Waals surface area contributed by atoms with Crippen LogP contribution < -0.4 is 4.74 Å². The number of thiophene rings is 1. The summed E-state index contributed by atoms with van der Waals surface area (Å²) in [6, 6.07) is 15.1. The van der Waals surface area contributed by atoms with E-state index >= 15 is 0 Å². The van der Waals surface area contributed by atoms with Gasteiger partial charge in [-0.05, 0) is 73.0 Å². The zero-order valence-electron chi connectivity index (χ0n) is 19.2. The van der Waals surface area contributed by atoms with Gasteiger partial charge in [0, 0.05) is 31.7 Å². The molecule has 3 aromatic rings. The quantitative estimate of drug-likeness (QED) is 0.511. The minimum atomic E-state index is -3.54. The lowest BCUT2D eigenvalue weighted by atomic mass is 10.1. The summed E-state index contributed by atoms with van der Waals surface area (Å²) in [4.78, 5) is 15.7. The van der Waals surface area contributed by atoms with Gasteiger partial charge in [-0.3, -0.25) is 4.79 Å². The number of aryl methyl sites for hydroxylation is 3. The van der Waals surface area contributed by atoms with Crippen LogP contribution in [-0.2, 0) is 29.5 Å². The summed E-state index contributed by atoms with van der Waals surface area (Å²) < 4.78 is 33.2. The standard InChI is InChI=1S/C26H28N2O4S2/c1-19-5-9-24(10-6-19)34(30,31)28-13-11-27(12-14-28)26(29)25-15-20(18-33-25)17-32-23-8-7-21-3-2-4-22(21)16-23/h5-10,15-16,18H,2-4,11-14,17H2,1H3. The molecule has 8 heteroatoms. The molecule has 5 rings (SSSR count). The van der Waals surface area contributed by atoms with Crippen molar-refractivity contribution in [3.8, 4) is 5.75 Å². The van der Waals surface area contributed by atoms with Gasteiger partial charge in [0.1, 0.15) is 12.4 Å². The zero-order chi connectivity index (χ0) is 23.7. The van der Waals surface area contributed by atoms with Crippen molar-refractivity contribution in [1.29, 1.82) is 0 Å². The highest BCUT2D eigenvalue weighted by Gasteiger charge is 2.30. The fourth-order valence-corrected chi connectivity index (χ4v) is 6.80. The highest BCUT2D eigenvalue weighted by molar-refractivity contribution is 7.89. The molecule has 0 spiro atoms. The van der Waals surface area contributed by atoms with Crippen LogP contribution in [0.4, 0.5) is 0 Å². The predicted octanol–water partition coefficient (Wildman–Crippen LogP) is 4.27. The Bertz CT molecular complexity index is 1290. The van der Waals surface area contributed by atoms with Gasteiger partial charge in [0.05, 0.1) is 9.77 Å². The van der Waals surface area contributed by atoms with Crippen LogP contribution in [0.5, 0.6) is 5.75 Å². The fraction of sp³-hybridized carbons (Fsp3) is 0.346. The summed E-state index contributed by atoms with van der Waals surface area (Å²) in [6.07, 6.45) is 3.47. The van der Waals surface area contributed by atoms with Crippen LogP contribution in [0.25, 0.3) is 0 Å². The number of nitrogens with zero attached hydrogens (tertiary/aromatic N) is 2. The third-order valence-corrected chi connectivity index (χ3v) is 9.40. The predicted molar refractivity (Wildman–Crippen MR) is 133 cm³/mol. The Hall–Kier alpha value is -2.68. The number of piperazine rings is 1. The third-order valence-electron chi connectivity index (χ3n) is 6.52. The van der Waals surface area contributed by atoms with Gasteiger partial charge in [-0.1, -0.05) is 23.8 Å². The molecule has 178 valence electrons. The Morgan fingerprint density at radius 2 is 1.71 bits per heavy atom. The van der Waals surface area contributed by atoms with Gasteiger partial charge in [0.15, 0.2) is 0 Å². The van der Waals surface area contributed by atoms with Crippen LogP contribution in [0.15, 0.2) is 58.8 Å². The maximum atomic E-state index is 13.0. The van der Waals surface area contributed by atoms with E-state index in [-0.39, 0.29) is 5.91 Å². The molecule has 1 saturated heterocycles. The van der Waals surface area contributed by atoms with Gasteiger partial charge in [-0.2, -0.15) is 4.31 Å². The van der Waals surface area contributed by atoms with Crippen LogP contribution in [0.3, 0.4) is 0 Å². The van der Waals surface area contributed by atoms with E-state index in [1.807, 2.05) is 24.4 Å². The normalized spacial score (nSPS) is 16.4. The highest BCUT2D eigenvalue weighted by Crippen LogP contribution is 2.27. The maximum absolute atomic E-state index is 13.0. The van der Waals surface area contributed by atoms with E-state index in [9.17, 15) is 13.2 Å². The Labute approximate surface area is 204 Å². The molecule has 0 radical (unpaired) electrons. The van der Waals surface area contributed by atoms with E-state index in [1.54, 1.807) is 29.2 Å². The maximum Gasteiger partial charge on any atom is 0.264 e. The van der Waals surface area contributed by atoms with Gasteiger partial charge in [-0.15, -0.1) is 11.3 Å². The van der Waals surface area contributed by atoms with E-state index in [0.29, 0.717) is 42.6 Å². The van der Waals surface area contributed by atoms with Crippen molar-refractivity contribution in [3.05, 3.63) is 81.0 Å². The lowest BCUT2D eigenvalue weighted by Crippen LogP contribution is -2.50. The Morgan fingerprint density at radius 3 is 2.47 bits per heavy atom. The summed E-state index contributed by atoms with van der Waals surface area (Å²) in [5.74, 6) is 0.812. The summed E-state index contributed by atoms with van der Waals surface area (Å²) in [5, 5.41) is 1.96. The lowest BCUT2D eigenvalue weighted by molar-refractivity contribution is 0.0702. The molecule has 1 aliphatic carbocycles. The lowest BCUT2D eigenvalue weighted by Gasteiger charge is -2.33. The van der Waals surface area contributed by atoms with Gasteiger partial charge in [0.25, 0.3) is 5.91 Å². The molecule has 2 aromatic carbocycles. The molecule has 1 aliphatic heterocycles. The van der Waals surface area contributed by atoms with E-state index < -0.39 is 10.0 Å². The van der Waals surface area contributed by atoms with Gasteiger partial charge in [-0.25, -0.2) is 8.42 Å². The Balaban J connectivity index is 1.16. The zero-order valence-corrected chi connectivity index (χ0v) is 20.8. The summed E-state index contributed by atoms with van der Waals surface area (Å²) in [7, 11) is -3.54. The second-order valence-electron chi connectivity index (χ2n) is 8.90. The molecule has 0 atom stereocenters. The van der Waals surface area contributed by atoms with Crippen LogP contribution in [0.1, 0.15) is 38.3 Å². The highest BCUT2D eigenvalue weighted by atomic mass is 32.2. The number of fused-ring (bicyclic) bond motifs is 1. The number of amides is 1. The number of benzene rings is 2. The summed E-state index contributed by atoms with van der Waals surface area (Å²) >= 11 is 1.41. The second-order valence-corrected chi connectivity index (χ2v) is 11.8. The Kier molecular flexibility index (Phi) is 6.46. The molecule has 0 bridgehead atoms. The minimum Gasteiger partial charge on any atom is -0.489 e. The van der Waals surface area contributed by atoms with Gasteiger partial charge >= 0.3 is 0 Å². The number of ether oxygens (including phenoxy) is 1. The molecule has 0 N–H and O–H groups in total. The summed E-state index contributed by atoms with van der Waals surface area (Å²) in [6.45, 7) is 3.69. The smallest absolute Gasteiger partial charge is 0.264 e. The van der Waals surface area contributed by atoms with Gasteiger partial charge < -0.3 is 9.64 Å². The van der Waals surface area contributed by atoms with Crippen LogP contribution in [0.2, 0.25) is 0 Å². The Morgan fingerprint density at radius 1 is 0.971 bits per heavy atom. The number of hydrogen-bond acceptors (Lipinski definition) is 5. The van der Waals surface area contributed by atoms with Crippen molar-refractivity contribution >= 4 is 27.3 Å². The van der Waals surface area contributed by atoms with E-state index in [0.717, 1.165) is 29.7 Å². The van der Waals surface area contributed by atoms with Crippen molar-refractivity contribution < 1.29 is 17.9 Å². The van der Waals surface area contributed by atoms with Crippen molar-refractivity contribution in [2.24, 2.45) is 0 Å². The first kappa shape index (κ1) is 23.1. The average molecular weight is 497 g/mol. The number of carbonyl (C=O) groups is 1. The largest absolute Gasteiger partial charge is 0.489 e. The molecule has 1 fully saturated rings. The minimum absolute atomic E-state index is 0.0545. The number of rotatable bonds is 6. The number of hydrogen-bond donors (Lipinski definition) is 0. The SMILES string of the molecule is Cc1ccc(S(=O)(=O)N2CCN(C(=O)c3cc(COc4ccc5c(c4)CCC5)cs3)CC2)cc1. The molecular formula is C26H28N2O4S2. The van der Waals surface area contributed by atoms with Gasteiger partial charge in [0.2, 0.25) is 10.0 Å². The van der Waals surface area contributed by atoms with Crippen molar-refractivity contribution in [2.75, 3.05) is 26.2 Å². The molecule has 2 aliphatic rings. The topological polar surface area (TPSA) is 66.9 Å². The van der Waals surface area contributed by atoms with Crippen molar-refractivity contribution in [1.82, 2.24) is 9.21 Å². The molecule has 6 nitrogen and oxygen atoms in total. The van der Waals surface area contributed by atoms with E-state index in [2.05, 4.69) is 12.1 Å². The van der Waals surface area contributed by atoms with Crippen LogP contribution in [0, 0.1) is 6.92 Å². The van der Waals surface area contributed by atoms with Crippen LogP contribution in [-0.4, -0.2) is 49.7 Å². The first-order valence-electron chi connectivity index (χ1n) is 11.6. The number of sulfonamides is 1. The second kappa shape index (κ2) is 9.52. The fourth-order valence-electron chi connectivity index (χ4n) is 4.51. The molecular weight excluding hydrogens is 468 g/mol. The van der Waals surface area contributed by atoms with Crippen molar-refractivity contribution in [3.63, 3.8) is 0 Å². The average Bonchev–Trinajstić information content (AvgIpc) is 3.52. The van der Waals surface area contributed by atoms with Crippen molar-refractivity contribution in [2.45, 2.75) is 37.7 Å². The molecule has 0 saturated carbocycles. The monoisotopic (exact) mass is 496 g/mol. The first-order valence-corrected chi connectivity index (χ1v) is 13.9. The third kappa shape index (κ3) is 4.76. The summed E-state index contributed by atoms with van der Waals surface area (Å²) in [5.41, 5.74) is 4.78. The number of carbonyl (C=O) groups excluding carboxylic acids is 1. The molecule has 34 heavy (non-hydrogen) atoms. The first-order chi connectivity index (χ1) is 16.4. The molecule has 1 aromatic heterocycles. The van der Waals surface area contributed by atoms with Crippen LogP contribution >= 0.6 is 11.3 Å². The molecule has 1 amide bonds. The molecule has 0 unspecified atom stereocenters. The molecule has 2 heterocycles.